The van der Waals surface area contributed by atoms with E-state index < -0.39 is 17.9 Å². The summed E-state index contributed by atoms with van der Waals surface area (Å²) in [4.78, 5) is 41.4. The molecule has 1 aromatic heterocycles. The predicted molar refractivity (Wildman–Crippen MR) is 143 cm³/mol. The Kier molecular flexibility index (Phi) is 5.98. The zero-order valence-corrected chi connectivity index (χ0v) is 21.6. The van der Waals surface area contributed by atoms with Crippen LogP contribution in [-0.2, 0) is 10.2 Å². The molecule has 4 aromatic rings. The lowest BCUT2D eigenvalue weighted by atomic mass is 9.86. The minimum absolute atomic E-state index is 0.0423. The van der Waals surface area contributed by atoms with E-state index in [2.05, 4.69) is 20.8 Å². The first-order chi connectivity index (χ1) is 17.6. The van der Waals surface area contributed by atoms with Crippen molar-refractivity contribution in [1.29, 1.82) is 0 Å². The Hall–Kier alpha value is -4.19. The maximum atomic E-state index is 13.8. The third-order valence-corrected chi connectivity index (χ3v) is 6.77. The summed E-state index contributed by atoms with van der Waals surface area (Å²) in [6.07, 6.45) is 0. The van der Waals surface area contributed by atoms with Gasteiger partial charge in [0.25, 0.3) is 5.91 Å². The summed E-state index contributed by atoms with van der Waals surface area (Å²) in [5, 5.41) is 0.447. The van der Waals surface area contributed by atoms with Crippen molar-refractivity contribution in [3.8, 4) is 0 Å². The smallest absolute Gasteiger partial charge is 0.338 e. The molecule has 1 amide bonds. The van der Waals surface area contributed by atoms with Gasteiger partial charge < -0.3 is 9.15 Å². The van der Waals surface area contributed by atoms with E-state index in [9.17, 15) is 14.4 Å². The Morgan fingerprint density at radius 2 is 1.65 bits per heavy atom. The van der Waals surface area contributed by atoms with Gasteiger partial charge in [-0.1, -0.05) is 56.7 Å². The van der Waals surface area contributed by atoms with Crippen molar-refractivity contribution in [3.63, 3.8) is 0 Å². The first-order valence-corrected chi connectivity index (χ1v) is 12.4. The normalized spacial score (nSPS) is 15.2. The van der Waals surface area contributed by atoms with E-state index >= 15 is 0 Å². The molecule has 5 rings (SSSR count). The molecule has 37 heavy (non-hydrogen) atoms. The summed E-state index contributed by atoms with van der Waals surface area (Å²) in [5.41, 5.74) is 4.25. The molecule has 0 fully saturated rings. The van der Waals surface area contributed by atoms with Crippen molar-refractivity contribution >= 4 is 28.5 Å². The van der Waals surface area contributed by atoms with Crippen LogP contribution >= 0.6 is 0 Å². The molecule has 0 saturated heterocycles. The zero-order chi connectivity index (χ0) is 26.5. The van der Waals surface area contributed by atoms with E-state index in [0.29, 0.717) is 27.8 Å². The van der Waals surface area contributed by atoms with Crippen molar-refractivity contribution in [2.45, 2.75) is 46.1 Å². The fraction of sp³-hybridized carbons (Fsp3) is 0.258. The van der Waals surface area contributed by atoms with Crippen LogP contribution in [0.5, 0.6) is 0 Å². The van der Waals surface area contributed by atoms with Gasteiger partial charge in [0.1, 0.15) is 5.58 Å². The summed E-state index contributed by atoms with van der Waals surface area (Å²) in [5.74, 6) is -0.790. The van der Waals surface area contributed by atoms with Crippen LogP contribution in [0.3, 0.4) is 0 Å². The lowest BCUT2D eigenvalue weighted by Gasteiger charge is -2.26. The van der Waals surface area contributed by atoms with E-state index in [1.54, 1.807) is 48.2 Å². The van der Waals surface area contributed by atoms with Gasteiger partial charge in [0, 0.05) is 5.69 Å². The molecule has 6 nitrogen and oxygen atoms in total. The van der Waals surface area contributed by atoms with Crippen LogP contribution in [-0.4, -0.2) is 18.5 Å². The molecule has 6 heteroatoms. The topological polar surface area (TPSA) is 76.8 Å². The van der Waals surface area contributed by atoms with Crippen LogP contribution in [0.4, 0.5) is 5.69 Å². The highest BCUT2D eigenvalue weighted by Crippen LogP contribution is 2.41. The summed E-state index contributed by atoms with van der Waals surface area (Å²) in [6, 6.07) is 19.3. The van der Waals surface area contributed by atoms with Gasteiger partial charge in [0.2, 0.25) is 5.76 Å². The number of rotatable bonds is 4. The van der Waals surface area contributed by atoms with E-state index in [1.807, 2.05) is 37.3 Å². The lowest BCUT2D eigenvalue weighted by Crippen LogP contribution is -2.29. The van der Waals surface area contributed by atoms with Gasteiger partial charge in [-0.15, -0.1) is 0 Å². The van der Waals surface area contributed by atoms with Crippen molar-refractivity contribution < 1.29 is 18.7 Å². The number of carbonyl (C=O) groups is 2. The molecule has 0 N–H and O–H groups in total. The molecular weight excluding hydrogens is 466 g/mol. The van der Waals surface area contributed by atoms with Crippen LogP contribution < -0.4 is 10.3 Å². The molecule has 0 spiro atoms. The zero-order valence-electron chi connectivity index (χ0n) is 21.6. The Morgan fingerprint density at radius 1 is 0.973 bits per heavy atom. The number of esters is 1. The number of anilines is 1. The first-order valence-electron chi connectivity index (χ1n) is 12.4. The maximum absolute atomic E-state index is 13.8. The lowest BCUT2D eigenvalue weighted by molar-refractivity contribution is 0.0526. The average molecular weight is 496 g/mol. The fourth-order valence-electron chi connectivity index (χ4n) is 4.81. The second-order valence-electron chi connectivity index (χ2n) is 10.4. The molecule has 1 unspecified atom stereocenters. The highest BCUT2D eigenvalue weighted by molar-refractivity contribution is 6.10. The summed E-state index contributed by atoms with van der Waals surface area (Å²) in [6.45, 7) is 10.3. The number of fused-ring (bicyclic) bond motifs is 2. The molecule has 1 atom stereocenters. The number of hydrogen-bond acceptors (Lipinski definition) is 5. The van der Waals surface area contributed by atoms with E-state index in [4.69, 9.17) is 9.15 Å². The minimum Gasteiger partial charge on any atom is -0.462 e. The molecule has 0 aliphatic carbocycles. The molecule has 188 valence electrons. The van der Waals surface area contributed by atoms with Crippen LogP contribution in [0.2, 0.25) is 0 Å². The van der Waals surface area contributed by atoms with Gasteiger partial charge in [-0.05, 0) is 66.8 Å². The van der Waals surface area contributed by atoms with Crippen molar-refractivity contribution in [1.82, 2.24) is 0 Å². The number of amides is 1. The molecule has 2 heterocycles. The second kappa shape index (κ2) is 9.04. The number of ether oxygens (including phenoxy) is 1. The number of aryl methyl sites for hydroxylation is 1. The van der Waals surface area contributed by atoms with E-state index in [1.165, 1.54) is 0 Å². The molecule has 3 aromatic carbocycles. The summed E-state index contributed by atoms with van der Waals surface area (Å²) >= 11 is 0. The van der Waals surface area contributed by atoms with Gasteiger partial charge in [-0.2, -0.15) is 0 Å². The maximum Gasteiger partial charge on any atom is 0.338 e. The summed E-state index contributed by atoms with van der Waals surface area (Å²) in [7, 11) is 0. The minimum atomic E-state index is -0.675. The monoisotopic (exact) mass is 495 g/mol. The Bertz CT molecular complexity index is 1570. The molecule has 0 radical (unpaired) electrons. The van der Waals surface area contributed by atoms with Crippen molar-refractivity contribution in [2.24, 2.45) is 0 Å². The fourth-order valence-corrected chi connectivity index (χ4v) is 4.81. The van der Waals surface area contributed by atoms with E-state index in [-0.39, 0.29) is 23.2 Å². The number of hydrogen-bond donors (Lipinski definition) is 0. The highest BCUT2D eigenvalue weighted by Gasteiger charge is 2.43. The van der Waals surface area contributed by atoms with Gasteiger partial charge in [0.15, 0.2) is 5.43 Å². The van der Waals surface area contributed by atoms with Crippen LogP contribution in [0.25, 0.3) is 11.0 Å². The Labute approximate surface area is 215 Å². The largest absolute Gasteiger partial charge is 0.462 e. The van der Waals surface area contributed by atoms with Crippen LogP contribution in [0.1, 0.15) is 76.9 Å². The van der Waals surface area contributed by atoms with E-state index in [0.717, 1.165) is 16.7 Å². The molecular formula is C31H29NO5. The SMILES string of the molecule is CCOC(=O)c1ccc(N2C(=O)c3oc4ccc(C)cc4c(=O)c3C2c2ccc(C(C)(C)C)cc2)cc1. The number of benzene rings is 3. The molecule has 0 bridgehead atoms. The Balaban J connectivity index is 1.70. The summed E-state index contributed by atoms with van der Waals surface area (Å²) < 4.78 is 11.2. The molecule has 1 aliphatic heterocycles. The van der Waals surface area contributed by atoms with Gasteiger partial charge in [0.05, 0.1) is 29.2 Å². The van der Waals surface area contributed by atoms with Crippen molar-refractivity contribution in [3.05, 3.63) is 111 Å². The van der Waals surface area contributed by atoms with Crippen molar-refractivity contribution in [2.75, 3.05) is 11.5 Å². The molecule has 1 aliphatic rings. The molecule has 0 saturated carbocycles. The Morgan fingerprint density at radius 3 is 2.27 bits per heavy atom. The van der Waals surface area contributed by atoms with Gasteiger partial charge >= 0.3 is 5.97 Å². The quantitative estimate of drug-likeness (QED) is 0.310. The average Bonchev–Trinajstić information content (AvgIpc) is 3.16. The number of nitrogens with zero attached hydrogens (tertiary/aromatic N) is 1. The van der Waals surface area contributed by atoms with Gasteiger partial charge in [-0.25, -0.2) is 4.79 Å². The second-order valence-corrected chi connectivity index (χ2v) is 10.4. The van der Waals surface area contributed by atoms with Crippen LogP contribution in [0.15, 0.2) is 75.9 Å². The predicted octanol–water partition coefficient (Wildman–Crippen LogP) is 6.33. The standard InChI is InChI=1S/C31H29NO5/c1-6-36-30(35)20-10-14-22(15-11-20)32-26(19-8-12-21(13-9-19)31(3,4)5)25-27(33)23-17-18(2)7-16-24(23)37-28(25)29(32)34/h7-17,26H,6H2,1-5H3. The van der Waals surface area contributed by atoms with Crippen LogP contribution in [0, 0.1) is 6.92 Å². The highest BCUT2D eigenvalue weighted by atomic mass is 16.5. The van der Waals surface area contributed by atoms with Gasteiger partial charge in [-0.3, -0.25) is 14.5 Å². The first kappa shape index (κ1) is 24.5. The third-order valence-electron chi connectivity index (χ3n) is 6.77. The number of carbonyl (C=O) groups excluding carboxylic acids is 2. The third kappa shape index (κ3) is 4.22.